The molecule has 0 radical (unpaired) electrons. The third-order valence-corrected chi connectivity index (χ3v) is 4.84. The van der Waals surface area contributed by atoms with Gasteiger partial charge in [-0.1, -0.05) is 18.2 Å². The lowest BCUT2D eigenvalue weighted by Crippen LogP contribution is -2.09. The number of aromatic nitrogens is 2. The van der Waals surface area contributed by atoms with E-state index in [1.807, 2.05) is 25.1 Å². The van der Waals surface area contributed by atoms with E-state index in [0.717, 1.165) is 16.3 Å². The zero-order valence-electron chi connectivity index (χ0n) is 17.0. The Balaban J connectivity index is 1.65. The van der Waals surface area contributed by atoms with E-state index in [4.69, 9.17) is 9.47 Å². The van der Waals surface area contributed by atoms with Crippen molar-refractivity contribution in [1.82, 2.24) is 9.97 Å². The van der Waals surface area contributed by atoms with Gasteiger partial charge in [0.1, 0.15) is 17.4 Å². The number of rotatable bonds is 6. The molecule has 7 heteroatoms. The molecule has 1 N–H and O–H groups in total. The lowest BCUT2D eigenvalue weighted by molar-refractivity contribution is 0.0600. The van der Waals surface area contributed by atoms with Gasteiger partial charge in [0.2, 0.25) is 0 Å². The standard InChI is InChI=1S/C24H20FN3O3/c1-15(16-6-8-17(9-7-16)24(29)30-2)28-23-22-18(10-11-27-23)13-26-14-21(22)31-20-5-3-4-19(25)12-20/h3-15H,1-2H3,(H,27,28)/t15-/m0/s1. The van der Waals surface area contributed by atoms with Crippen LogP contribution in [0.3, 0.4) is 0 Å². The maximum absolute atomic E-state index is 13.6. The van der Waals surface area contributed by atoms with Crippen LogP contribution in [0.2, 0.25) is 0 Å². The first-order valence-electron chi connectivity index (χ1n) is 9.66. The van der Waals surface area contributed by atoms with Crippen LogP contribution in [0.25, 0.3) is 10.8 Å². The molecule has 4 aromatic rings. The van der Waals surface area contributed by atoms with Gasteiger partial charge in [0.25, 0.3) is 0 Å². The number of fused-ring (bicyclic) bond motifs is 1. The van der Waals surface area contributed by atoms with Gasteiger partial charge in [-0.3, -0.25) is 4.98 Å². The van der Waals surface area contributed by atoms with Crippen molar-refractivity contribution in [3.63, 3.8) is 0 Å². The molecule has 0 bridgehead atoms. The molecule has 2 heterocycles. The monoisotopic (exact) mass is 417 g/mol. The Morgan fingerprint density at radius 1 is 1.10 bits per heavy atom. The van der Waals surface area contributed by atoms with Crippen molar-refractivity contribution < 1.29 is 18.7 Å². The summed E-state index contributed by atoms with van der Waals surface area (Å²) < 4.78 is 24.2. The van der Waals surface area contributed by atoms with Crippen molar-refractivity contribution >= 4 is 22.6 Å². The summed E-state index contributed by atoms with van der Waals surface area (Å²) in [5.74, 6) is 0.680. The molecule has 2 aromatic heterocycles. The number of ether oxygens (including phenoxy) is 2. The molecule has 0 aliphatic carbocycles. The quantitative estimate of drug-likeness (QED) is 0.417. The molecular weight excluding hydrogens is 397 g/mol. The number of halogens is 1. The van der Waals surface area contributed by atoms with Gasteiger partial charge >= 0.3 is 5.97 Å². The zero-order valence-corrected chi connectivity index (χ0v) is 17.0. The number of esters is 1. The fraction of sp³-hybridized carbons (Fsp3) is 0.125. The van der Waals surface area contributed by atoms with E-state index in [-0.39, 0.29) is 17.8 Å². The van der Waals surface area contributed by atoms with Crippen molar-refractivity contribution in [3.05, 3.63) is 90.1 Å². The number of benzene rings is 2. The minimum atomic E-state index is -0.383. The van der Waals surface area contributed by atoms with Gasteiger partial charge in [0.05, 0.1) is 24.3 Å². The molecule has 0 saturated heterocycles. The van der Waals surface area contributed by atoms with E-state index in [1.54, 1.807) is 42.9 Å². The van der Waals surface area contributed by atoms with Gasteiger partial charge in [-0.25, -0.2) is 14.2 Å². The van der Waals surface area contributed by atoms with Crippen molar-refractivity contribution in [2.75, 3.05) is 12.4 Å². The molecule has 31 heavy (non-hydrogen) atoms. The summed E-state index contributed by atoms with van der Waals surface area (Å²) in [7, 11) is 1.35. The first-order valence-corrected chi connectivity index (χ1v) is 9.66. The summed E-state index contributed by atoms with van der Waals surface area (Å²) in [6.45, 7) is 1.99. The predicted octanol–water partition coefficient (Wildman–Crippen LogP) is 5.52. The maximum atomic E-state index is 13.6. The molecule has 0 spiro atoms. The highest BCUT2D eigenvalue weighted by atomic mass is 19.1. The second-order valence-corrected chi connectivity index (χ2v) is 6.93. The largest absolute Gasteiger partial charge is 0.465 e. The summed E-state index contributed by atoms with van der Waals surface area (Å²) in [4.78, 5) is 20.4. The highest BCUT2D eigenvalue weighted by molar-refractivity contribution is 5.96. The molecule has 6 nitrogen and oxygen atoms in total. The number of hydrogen-bond donors (Lipinski definition) is 1. The van der Waals surface area contributed by atoms with Crippen LogP contribution in [0.5, 0.6) is 11.5 Å². The fourth-order valence-electron chi connectivity index (χ4n) is 3.25. The normalized spacial score (nSPS) is 11.7. The molecule has 156 valence electrons. The Morgan fingerprint density at radius 3 is 2.65 bits per heavy atom. The van der Waals surface area contributed by atoms with Crippen molar-refractivity contribution in [2.45, 2.75) is 13.0 Å². The minimum Gasteiger partial charge on any atom is -0.465 e. The summed E-state index contributed by atoms with van der Waals surface area (Å²) in [6, 6.07) is 14.8. The van der Waals surface area contributed by atoms with Gasteiger partial charge in [-0.05, 0) is 42.8 Å². The van der Waals surface area contributed by atoms with Crippen LogP contribution in [0.4, 0.5) is 10.2 Å². The summed E-state index contributed by atoms with van der Waals surface area (Å²) in [5, 5.41) is 4.96. The highest BCUT2D eigenvalue weighted by Gasteiger charge is 2.14. The van der Waals surface area contributed by atoms with Crippen LogP contribution in [-0.2, 0) is 4.74 Å². The molecule has 0 fully saturated rings. The Hall–Kier alpha value is -4.00. The van der Waals surface area contributed by atoms with E-state index in [9.17, 15) is 9.18 Å². The number of anilines is 1. The first kappa shape index (κ1) is 20.3. The summed E-state index contributed by atoms with van der Waals surface area (Å²) >= 11 is 0. The molecule has 0 unspecified atom stereocenters. The fourth-order valence-corrected chi connectivity index (χ4v) is 3.25. The molecular formula is C24H20FN3O3. The summed E-state index contributed by atoms with van der Waals surface area (Å²) in [5.41, 5.74) is 1.45. The van der Waals surface area contributed by atoms with Gasteiger partial charge in [-0.2, -0.15) is 0 Å². The number of carbonyl (C=O) groups is 1. The van der Waals surface area contributed by atoms with E-state index < -0.39 is 0 Å². The Bertz CT molecular complexity index is 1220. The maximum Gasteiger partial charge on any atom is 0.337 e. The molecule has 1 atom stereocenters. The number of nitrogens with one attached hydrogen (secondary N) is 1. The number of methoxy groups -OCH3 is 1. The molecule has 0 saturated carbocycles. The van der Waals surface area contributed by atoms with Crippen LogP contribution in [0.1, 0.15) is 28.9 Å². The zero-order chi connectivity index (χ0) is 21.8. The van der Waals surface area contributed by atoms with Crippen LogP contribution in [0, 0.1) is 5.82 Å². The smallest absolute Gasteiger partial charge is 0.337 e. The van der Waals surface area contributed by atoms with E-state index in [0.29, 0.717) is 22.9 Å². The topological polar surface area (TPSA) is 73.3 Å². The van der Waals surface area contributed by atoms with Crippen molar-refractivity contribution in [1.29, 1.82) is 0 Å². The number of nitrogens with zero attached hydrogens (tertiary/aromatic N) is 2. The van der Waals surface area contributed by atoms with Gasteiger partial charge in [0, 0.05) is 29.9 Å². The van der Waals surface area contributed by atoms with Crippen LogP contribution < -0.4 is 10.1 Å². The number of pyridine rings is 2. The predicted molar refractivity (Wildman–Crippen MR) is 116 cm³/mol. The lowest BCUT2D eigenvalue weighted by atomic mass is 10.1. The molecule has 4 rings (SSSR count). The Labute approximate surface area is 178 Å². The van der Waals surface area contributed by atoms with E-state index in [1.165, 1.54) is 19.2 Å². The van der Waals surface area contributed by atoms with Gasteiger partial charge in [0.15, 0.2) is 5.75 Å². The third kappa shape index (κ3) is 4.45. The first-order chi connectivity index (χ1) is 15.0. The van der Waals surface area contributed by atoms with Crippen LogP contribution >= 0.6 is 0 Å². The van der Waals surface area contributed by atoms with Crippen molar-refractivity contribution in [3.8, 4) is 11.5 Å². The number of hydrogen-bond acceptors (Lipinski definition) is 6. The average Bonchev–Trinajstić information content (AvgIpc) is 2.79. The van der Waals surface area contributed by atoms with E-state index in [2.05, 4.69) is 15.3 Å². The van der Waals surface area contributed by atoms with Crippen molar-refractivity contribution in [2.24, 2.45) is 0 Å². The molecule has 0 aliphatic rings. The van der Waals surface area contributed by atoms with E-state index >= 15 is 0 Å². The van der Waals surface area contributed by atoms with Crippen LogP contribution in [0.15, 0.2) is 73.2 Å². The average molecular weight is 417 g/mol. The molecule has 0 aliphatic heterocycles. The SMILES string of the molecule is COC(=O)c1ccc([C@H](C)Nc2nccc3cncc(Oc4cccc(F)c4)c23)cc1. The Kier molecular flexibility index (Phi) is 5.75. The highest BCUT2D eigenvalue weighted by Crippen LogP contribution is 2.34. The second-order valence-electron chi connectivity index (χ2n) is 6.93. The second kappa shape index (κ2) is 8.79. The third-order valence-electron chi connectivity index (χ3n) is 4.84. The van der Waals surface area contributed by atoms with Gasteiger partial charge in [-0.15, -0.1) is 0 Å². The van der Waals surface area contributed by atoms with Gasteiger partial charge < -0.3 is 14.8 Å². The Morgan fingerprint density at radius 2 is 1.90 bits per heavy atom. The molecule has 2 aromatic carbocycles. The minimum absolute atomic E-state index is 0.111. The molecule has 0 amide bonds. The summed E-state index contributed by atoms with van der Waals surface area (Å²) in [6.07, 6.45) is 4.98. The lowest BCUT2D eigenvalue weighted by Gasteiger charge is -2.18. The van der Waals surface area contributed by atoms with Crippen LogP contribution in [-0.4, -0.2) is 23.0 Å². The number of carbonyl (C=O) groups excluding carboxylic acids is 1.